The van der Waals surface area contributed by atoms with E-state index >= 15 is 0 Å². The van der Waals surface area contributed by atoms with Gasteiger partial charge in [0.15, 0.2) is 11.5 Å². The molecule has 7 heteroatoms. The van der Waals surface area contributed by atoms with Crippen molar-refractivity contribution in [3.05, 3.63) is 17.8 Å². The minimum Gasteiger partial charge on any atom is -0.379 e. The first kappa shape index (κ1) is 17.6. The van der Waals surface area contributed by atoms with Gasteiger partial charge in [0.2, 0.25) is 0 Å². The maximum absolute atomic E-state index is 12.1. The van der Waals surface area contributed by atoms with Crippen LogP contribution in [0.4, 0.5) is 5.82 Å². The topological polar surface area (TPSA) is 70.6 Å². The van der Waals surface area contributed by atoms with Gasteiger partial charge in [0.1, 0.15) is 0 Å². The van der Waals surface area contributed by atoms with Crippen molar-refractivity contribution in [3.63, 3.8) is 0 Å². The van der Waals surface area contributed by atoms with E-state index < -0.39 is 0 Å². The average Bonchev–Trinajstić information content (AvgIpc) is 2.60. The van der Waals surface area contributed by atoms with Crippen LogP contribution in [0.3, 0.4) is 0 Å². The third-order valence-electron chi connectivity index (χ3n) is 3.94. The number of ether oxygens (including phenoxy) is 1. The van der Waals surface area contributed by atoms with E-state index in [0.29, 0.717) is 12.2 Å². The van der Waals surface area contributed by atoms with Gasteiger partial charge in [-0.2, -0.15) is 0 Å². The van der Waals surface area contributed by atoms with Gasteiger partial charge in [-0.1, -0.05) is 13.3 Å². The van der Waals surface area contributed by atoms with Crippen molar-refractivity contribution in [2.75, 3.05) is 57.9 Å². The van der Waals surface area contributed by atoms with Gasteiger partial charge in [0, 0.05) is 39.8 Å². The number of nitrogens with zero attached hydrogens (tertiary/aromatic N) is 4. The van der Waals surface area contributed by atoms with Crippen LogP contribution in [-0.2, 0) is 4.74 Å². The van der Waals surface area contributed by atoms with Crippen LogP contribution in [0, 0.1) is 0 Å². The van der Waals surface area contributed by atoms with Gasteiger partial charge in [0.25, 0.3) is 5.91 Å². The third-order valence-corrected chi connectivity index (χ3v) is 3.94. The Morgan fingerprint density at radius 3 is 2.78 bits per heavy atom. The predicted octanol–water partition coefficient (Wildman–Crippen LogP) is 0.775. The second kappa shape index (κ2) is 9.42. The molecule has 0 spiro atoms. The van der Waals surface area contributed by atoms with E-state index in [4.69, 9.17) is 4.74 Å². The monoisotopic (exact) mass is 321 g/mol. The second-order valence-corrected chi connectivity index (χ2v) is 5.76. The lowest BCUT2D eigenvalue weighted by Gasteiger charge is -2.26. The van der Waals surface area contributed by atoms with Crippen molar-refractivity contribution in [1.29, 1.82) is 0 Å². The molecule has 1 amide bonds. The standard InChI is InChI=1S/C16H27N5O2/c1-3-4-8-20(2)15-6-5-14(18-19-15)16(22)17-7-9-21-10-12-23-13-11-21/h5-6H,3-4,7-13H2,1-2H3,(H,17,22). The fourth-order valence-corrected chi connectivity index (χ4v) is 2.40. The molecule has 1 aromatic rings. The summed E-state index contributed by atoms with van der Waals surface area (Å²) in [5.74, 6) is 0.622. The highest BCUT2D eigenvalue weighted by molar-refractivity contribution is 5.92. The Morgan fingerprint density at radius 2 is 2.13 bits per heavy atom. The number of hydrogen-bond donors (Lipinski definition) is 1. The number of unbranched alkanes of at least 4 members (excludes halogenated alkanes) is 1. The molecule has 0 unspecified atom stereocenters. The van der Waals surface area contributed by atoms with Crippen molar-refractivity contribution in [3.8, 4) is 0 Å². The lowest BCUT2D eigenvalue weighted by molar-refractivity contribution is 0.0383. The van der Waals surface area contributed by atoms with Gasteiger partial charge < -0.3 is 15.0 Å². The highest BCUT2D eigenvalue weighted by Gasteiger charge is 2.12. The quantitative estimate of drug-likeness (QED) is 0.763. The fourth-order valence-electron chi connectivity index (χ4n) is 2.40. The molecule has 1 aliphatic heterocycles. The van der Waals surface area contributed by atoms with Crippen LogP contribution in [0.15, 0.2) is 12.1 Å². The Kier molecular flexibility index (Phi) is 7.22. The maximum Gasteiger partial charge on any atom is 0.271 e. The fraction of sp³-hybridized carbons (Fsp3) is 0.688. The highest BCUT2D eigenvalue weighted by atomic mass is 16.5. The van der Waals surface area contributed by atoms with E-state index in [-0.39, 0.29) is 5.91 Å². The second-order valence-electron chi connectivity index (χ2n) is 5.76. The van der Waals surface area contributed by atoms with Gasteiger partial charge in [-0.25, -0.2) is 0 Å². The molecule has 0 radical (unpaired) electrons. The lowest BCUT2D eigenvalue weighted by Crippen LogP contribution is -2.41. The summed E-state index contributed by atoms with van der Waals surface area (Å²) in [5.41, 5.74) is 0.361. The molecule has 128 valence electrons. The van der Waals surface area contributed by atoms with Crippen LogP contribution in [-0.4, -0.2) is 74.0 Å². The summed E-state index contributed by atoms with van der Waals surface area (Å²) in [7, 11) is 1.99. The molecule has 1 saturated heterocycles. The van der Waals surface area contributed by atoms with E-state index in [1.165, 1.54) is 0 Å². The number of amides is 1. The van der Waals surface area contributed by atoms with Crippen molar-refractivity contribution >= 4 is 11.7 Å². The first-order valence-corrected chi connectivity index (χ1v) is 8.34. The predicted molar refractivity (Wildman–Crippen MR) is 89.8 cm³/mol. The van der Waals surface area contributed by atoms with Crippen LogP contribution >= 0.6 is 0 Å². The summed E-state index contributed by atoms with van der Waals surface area (Å²) in [6.45, 7) is 7.93. The Hall–Kier alpha value is -1.73. The van der Waals surface area contributed by atoms with Crippen molar-refractivity contribution < 1.29 is 9.53 Å². The first-order chi connectivity index (χ1) is 11.2. The zero-order valence-corrected chi connectivity index (χ0v) is 14.1. The van der Waals surface area contributed by atoms with E-state index in [1.807, 2.05) is 13.1 Å². The van der Waals surface area contributed by atoms with Crippen LogP contribution in [0.5, 0.6) is 0 Å². The summed E-state index contributed by atoms with van der Waals surface area (Å²) in [6.07, 6.45) is 2.25. The Labute approximate surface area is 138 Å². The molecule has 2 heterocycles. The summed E-state index contributed by atoms with van der Waals surface area (Å²) >= 11 is 0. The number of aromatic nitrogens is 2. The van der Waals surface area contributed by atoms with Crippen molar-refractivity contribution in [2.24, 2.45) is 0 Å². The number of hydrogen-bond acceptors (Lipinski definition) is 6. The number of carbonyl (C=O) groups is 1. The minimum atomic E-state index is -0.173. The molecule has 1 aromatic heterocycles. The molecule has 1 aliphatic rings. The Bertz CT molecular complexity index is 474. The van der Waals surface area contributed by atoms with Gasteiger partial charge in [-0.3, -0.25) is 9.69 Å². The molecule has 0 aliphatic carbocycles. The Balaban J connectivity index is 1.75. The average molecular weight is 321 g/mol. The number of carbonyl (C=O) groups excluding carboxylic acids is 1. The zero-order chi connectivity index (χ0) is 16.5. The first-order valence-electron chi connectivity index (χ1n) is 8.34. The van der Waals surface area contributed by atoms with Gasteiger partial charge in [-0.05, 0) is 18.6 Å². The summed E-state index contributed by atoms with van der Waals surface area (Å²) in [5, 5.41) is 11.1. The third kappa shape index (κ3) is 5.76. The number of nitrogens with one attached hydrogen (secondary N) is 1. The van der Waals surface area contributed by atoms with Crippen LogP contribution in [0.2, 0.25) is 0 Å². The van der Waals surface area contributed by atoms with Crippen LogP contribution in [0.1, 0.15) is 30.3 Å². The maximum atomic E-state index is 12.1. The van der Waals surface area contributed by atoms with Crippen LogP contribution < -0.4 is 10.2 Å². The molecule has 2 rings (SSSR count). The van der Waals surface area contributed by atoms with Crippen molar-refractivity contribution in [1.82, 2.24) is 20.4 Å². The number of morpholine rings is 1. The molecule has 0 saturated carbocycles. The SMILES string of the molecule is CCCCN(C)c1ccc(C(=O)NCCN2CCOCC2)nn1. The molecule has 0 aromatic carbocycles. The normalized spacial score (nSPS) is 15.4. The minimum absolute atomic E-state index is 0.173. The molecular formula is C16H27N5O2. The van der Waals surface area contributed by atoms with E-state index in [0.717, 1.165) is 58.1 Å². The molecule has 0 bridgehead atoms. The molecular weight excluding hydrogens is 294 g/mol. The molecule has 0 atom stereocenters. The summed E-state index contributed by atoms with van der Waals surface area (Å²) in [6, 6.07) is 3.58. The van der Waals surface area contributed by atoms with Gasteiger partial charge >= 0.3 is 0 Å². The molecule has 23 heavy (non-hydrogen) atoms. The number of rotatable bonds is 8. The van der Waals surface area contributed by atoms with E-state index in [9.17, 15) is 4.79 Å². The Morgan fingerprint density at radius 1 is 1.35 bits per heavy atom. The smallest absolute Gasteiger partial charge is 0.271 e. The van der Waals surface area contributed by atoms with E-state index in [1.54, 1.807) is 6.07 Å². The molecule has 7 nitrogen and oxygen atoms in total. The van der Waals surface area contributed by atoms with Crippen LogP contribution in [0.25, 0.3) is 0 Å². The molecule has 1 fully saturated rings. The molecule has 1 N–H and O–H groups in total. The largest absolute Gasteiger partial charge is 0.379 e. The summed E-state index contributed by atoms with van der Waals surface area (Å²) in [4.78, 5) is 16.4. The van der Waals surface area contributed by atoms with Gasteiger partial charge in [-0.15, -0.1) is 10.2 Å². The lowest BCUT2D eigenvalue weighted by atomic mass is 10.3. The highest BCUT2D eigenvalue weighted by Crippen LogP contribution is 2.08. The van der Waals surface area contributed by atoms with E-state index in [2.05, 4.69) is 32.2 Å². The van der Waals surface area contributed by atoms with Gasteiger partial charge in [0.05, 0.1) is 13.2 Å². The van der Waals surface area contributed by atoms with Crippen molar-refractivity contribution in [2.45, 2.75) is 19.8 Å². The summed E-state index contributed by atoms with van der Waals surface area (Å²) < 4.78 is 5.30. The number of anilines is 1. The zero-order valence-electron chi connectivity index (χ0n) is 14.1.